The number of rotatable bonds is 5. The summed E-state index contributed by atoms with van der Waals surface area (Å²) in [4.78, 5) is 13.9. The fourth-order valence-electron chi connectivity index (χ4n) is 3.17. The molecule has 0 spiro atoms. The van der Waals surface area contributed by atoms with Crippen LogP contribution in [-0.2, 0) is 4.79 Å². The third kappa shape index (κ3) is 2.91. The van der Waals surface area contributed by atoms with Crippen molar-refractivity contribution in [2.75, 3.05) is 13.1 Å². The lowest BCUT2D eigenvalue weighted by molar-refractivity contribution is -0.148. The van der Waals surface area contributed by atoms with E-state index in [4.69, 9.17) is 0 Å². The van der Waals surface area contributed by atoms with E-state index in [-0.39, 0.29) is 0 Å². The van der Waals surface area contributed by atoms with Crippen LogP contribution >= 0.6 is 15.9 Å². The first-order valence-corrected chi connectivity index (χ1v) is 8.04. The molecule has 3 nitrogen and oxygen atoms in total. The molecule has 1 aliphatic heterocycles. The van der Waals surface area contributed by atoms with Crippen molar-refractivity contribution in [3.8, 4) is 0 Å². The fraction of sp³-hybridized carbons (Fsp3) is 0.562. The Morgan fingerprint density at radius 3 is 2.50 bits per heavy atom. The molecule has 1 saturated heterocycles. The molecule has 1 aromatic carbocycles. The molecule has 20 heavy (non-hydrogen) atoms. The maximum absolute atomic E-state index is 11.6. The highest BCUT2D eigenvalue weighted by Crippen LogP contribution is 2.39. The predicted octanol–water partition coefficient (Wildman–Crippen LogP) is 4.09. The first-order chi connectivity index (χ1) is 9.52. The molecule has 1 N–H and O–H groups in total. The van der Waals surface area contributed by atoms with Gasteiger partial charge in [-0.2, -0.15) is 0 Å². The van der Waals surface area contributed by atoms with E-state index in [2.05, 4.69) is 52.0 Å². The molecule has 110 valence electrons. The van der Waals surface area contributed by atoms with Crippen molar-refractivity contribution >= 4 is 21.9 Å². The lowest BCUT2D eigenvalue weighted by Gasteiger charge is -2.29. The molecule has 2 rings (SSSR count). The summed E-state index contributed by atoms with van der Waals surface area (Å²) in [5.41, 5.74) is 0.718. The minimum absolute atomic E-state index is 0.316. The topological polar surface area (TPSA) is 40.5 Å². The number of carbonyl (C=O) groups is 1. The Morgan fingerprint density at radius 2 is 2.05 bits per heavy atom. The third-order valence-electron chi connectivity index (χ3n) is 4.60. The van der Waals surface area contributed by atoms with Gasteiger partial charge >= 0.3 is 5.97 Å². The van der Waals surface area contributed by atoms with Crippen LogP contribution in [-0.4, -0.2) is 29.1 Å². The molecule has 1 aliphatic rings. The molecule has 0 aliphatic carbocycles. The van der Waals surface area contributed by atoms with Crippen molar-refractivity contribution in [3.05, 3.63) is 34.3 Å². The Morgan fingerprint density at radius 1 is 1.40 bits per heavy atom. The van der Waals surface area contributed by atoms with Crippen LogP contribution in [0.15, 0.2) is 28.7 Å². The van der Waals surface area contributed by atoms with E-state index < -0.39 is 11.4 Å². The standard InChI is InChI=1S/C16H22BrNO2/c1-3-14(12-5-7-13(17)8-6-12)18-10-9-16(4-2,11-18)15(19)20/h5-8,14H,3-4,9-11H2,1-2H3,(H,19,20). The van der Waals surface area contributed by atoms with Gasteiger partial charge in [0, 0.05) is 17.1 Å². The van der Waals surface area contributed by atoms with Crippen LogP contribution in [0.5, 0.6) is 0 Å². The van der Waals surface area contributed by atoms with Gasteiger partial charge in [-0.05, 0) is 43.5 Å². The lowest BCUT2D eigenvalue weighted by Crippen LogP contribution is -2.35. The van der Waals surface area contributed by atoms with Gasteiger partial charge in [-0.15, -0.1) is 0 Å². The van der Waals surface area contributed by atoms with E-state index in [0.29, 0.717) is 19.0 Å². The van der Waals surface area contributed by atoms with E-state index in [1.165, 1.54) is 5.56 Å². The van der Waals surface area contributed by atoms with E-state index in [1.807, 2.05) is 6.92 Å². The number of benzene rings is 1. The Bertz CT molecular complexity index is 474. The van der Waals surface area contributed by atoms with Crippen molar-refractivity contribution in [3.63, 3.8) is 0 Å². The van der Waals surface area contributed by atoms with Crippen LogP contribution in [0.3, 0.4) is 0 Å². The number of halogens is 1. The first-order valence-electron chi connectivity index (χ1n) is 7.25. The summed E-state index contributed by atoms with van der Waals surface area (Å²) in [6.07, 6.45) is 2.46. The van der Waals surface area contributed by atoms with Crippen LogP contribution in [0.2, 0.25) is 0 Å². The maximum atomic E-state index is 11.6. The van der Waals surface area contributed by atoms with Gasteiger partial charge < -0.3 is 5.11 Å². The number of nitrogens with zero attached hydrogens (tertiary/aromatic N) is 1. The SMILES string of the molecule is CCC(c1ccc(Br)cc1)N1CCC(CC)(C(=O)O)C1. The molecule has 0 bridgehead atoms. The Labute approximate surface area is 129 Å². The second kappa shape index (κ2) is 6.27. The molecule has 0 radical (unpaired) electrons. The summed E-state index contributed by atoms with van der Waals surface area (Å²) in [5.74, 6) is -0.645. The van der Waals surface area contributed by atoms with Crippen molar-refractivity contribution in [1.82, 2.24) is 4.90 Å². The molecule has 0 amide bonds. The summed E-state index contributed by atoms with van der Waals surface area (Å²) in [6.45, 7) is 5.68. The quantitative estimate of drug-likeness (QED) is 0.878. The van der Waals surface area contributed by atoms with Crippen LogP contribution in [0.25, 0.3) is 0 Å². The average Bonchev–Trinajstić information content (AvgIpc) is 2.87. The van der Waals surface area contributed by atoms with Gasteiger partial charge in [0.1, 0.15) is 0 Å². The molecular formula is C16H22BrNO2. The molecular weight excluding hydrogens is 318 g/mol. The minimum Gasteiger partial charge on any atom is -0.481 e. The fourth-order valence-corrected chi connectivity index (χ4v) is 3.44. The van der Waals surface area contributed by atoms with Gasteiger partial charge in [0.15, 0.2) is 0 Å². The molecule has 1 heterocycles. The van der Waals surface area contributed by atoms with Crippen LogP contribution < -0.4 is 0 Å². The molecule has 2 atom stereocenters. The Hall–Kier alpha value is -0.870. The highest BCUT2D eigenvalue weighted by atomic mass is 79.9. The summed E-state index contributed by atoms with van der Waals surface area (Å²) in [5, 5.41) is 9.51. The van der Waals surface area contributed by atoms with Crippen molar-refractivity contribution in [2.45, 2.75) is 39.2 Å². The van der Waals surface area contributed by atoms with Crippen molar-refractivity contribution < 1.29 is 9.90 Å². The Balaban J connectivity index is 2.18. The largest absolute Gasteiger partial charge is 0.481 e. The molecule has 2 unspecified atom stereocenters. The smallest absolute Gasteiger partial charge is 0.310 e. The summed E-state index contributed by atoms with van der Waals surface area (Å²) < 4.78 is 1.07. The normalized spacial score (nSPS) is 24.8. The van der Waals surface area contributed by atoms with Gasteiger partial charge in [-0.25, -0.2) is 0 Å². The monoisotopic (exact) mass is 339 g/mol. The zero-order valence-electron chi connectivity index (χ0n) is 12.1. The predicted molar refractivity (Wildman–Crippen MR) is 83.7 cm³/mol. The maximum Gasteiger partial charge on any atom is 0.310 e. The van der Waals surface area contributed by atoms with Gasteiger partial charge in [0.2, 0.25) is 0 Å². The average molecular weight is 340 g/mol. The summed E-state index contributed by atoms with van der Waals surface area (Å²) >= 11 is 3.46. The van der Waals surface area contributed by atoms with Gasteiger partial charge in [0.05, 0.1) is 5.41 Å². The van der Waals surface area contributed by atoms with E-state index in [1.54, 1.807) is 0 Å². The molecule has 0 aromatic heterocycles. The number of carboxylic acid groups (broad SMARTS) is 1. The van der Waals surface area contributed by atoms with Crippen molar-refractivity contribution in [1.29, 1.82) is 0 Å². The molecule has 1 aromatic rings. The highest BCUT2D eigenvalue weighted by Gasteiger charge is 2.44. The highest BCUT2D eigenvalue weighted by molar-refractivity contribution is 9.10. The second-order valence-corrected chi connectivity index (χ2v) is 6.55. The van der Waals surface area contributed by atoms with Crippen molar-refractivity contribution in [2.24, 2.45) is 5.41 Å². The van der Waals surface area contributed by atoms with Gasteiger partial charge in [-0.3, -0.25) is 9.69 Å². The van der Waals surface area contributed by atoms with Gasteiger partial charge in [0.25, 0.3) is 0 Å². The van der Waals surface area contributed by atoms with E-state index in [0.717, 1.165) is 23.9 Å². The zero-order chi connectivity index (χ0) is 14.8. The van der Waals surface area contributed by atoms with Crippen LogP contribution in [0, 0.1) is 5.41 Å². The third-order valence-corrected chi connectivity index (χ3v) is 5.12. The number of hydrogen-bond acceptors (Lipinski definition) is 2. The first kappa shape index (κ1) is 15.5. The number of likely N-dealkylation sites (tertiary alicyclic amines) is 1. The van der Waals surface area contributed by atoms with E-state index in [9.17, 15) is 9.90 Å². The molecule has 1 fully saturated rings. The number of carboxylic acids is 1. The lowest BCUT2D eigenvalue weighted by atomic mass is 9.84. The Kier molecular flexibility index (Phi) is 4.86. The minimum atomic E-state index is -0.645. The zero-order valence-corrected chi connectivity index (χ0v) is 13.7. The van der Waals surface area contributed by atoms with E-state index >= 15 is 0 Å². The molecule has 4 heteroatoms. The van der Waals surface area contributed by atoms with Gasteiger partial charge in [-0.1, -0.05) is 41.9 Å². The summed E-state index contributed by atoms with van der Waals surface area (Å²) in [7, 11) is 0. The number of aliphatic carboxylic acids is 1. The number of hydrogen-bond donors (Lipinski definition) is 1. The summed E-state index contributed by atoms with van der Waals surface area (Å²) in [6, 6.07) is 8.68. The second-order valence-electron chi connectivity index (χ2n) is 5.64. The van der Waals surface area contributed by atoms with Crippen LogP contribution in [0.4, 0.5) is 0 Å². The molecule has 0 saturated carbocycles. The van der Waals surface area contributed by atoms with Crippen LogP contribution in [0.1, 0.15) is 44.7 Å².